The summed E-state index contributed by atoms with van der Waals surface area (Å²) in [6, 6.07) is 0.344. The van der Waals surface area contributed by atoms with Gasteiger partial charge in [0, 0.05) is 6.42 Å². The summed E-state index contributed by atoms with van der Waals surface area (Å²) in [4.78, 5) is 4.64. The second-order valence-electron chi connectivity index (χ2n) is 6.31. The first-order chi connectivity index (χ1) is 10.3. The standard InChI is InChI=1S/C19H35NO/c1-4-6-7-8-9-10-11-12-13-14-15-19-20-18(5-2)16-17(3)21-19/h16,18H,4-15H2,1-3H3. The highest BCUT2D eigenvalue weighted by molar-refractivity contribution is 5.78. The van der Waals surface area contributed by atoms with Crippen molar-refractivity contribution < 1.29 is 4.74 Å². The lowest BCUT2D eigenvalue weighted by Gasteiger charge is -2.18. The number of nitrogens with zero attached hydrogens (tertiary/aromatic N) is 1. The lowest BCUT2D eigenvalue weighted by atomic mass is 10.1. The van der Waals surface area contributed by atoms with Crippen molar-refractivity contribution in [3.05, 3.63) is 11.8 Å². The number of aliphatic imine (C=N–C) groups is 1. The van der Waals surface area contributed by atoms with Crippen molar-refractivity contribution in [1.29, 1.82) is 0 Å². The van der Waals surface area contributed by atoms with Crippen LogP contribution in [-0.2, 0) is 4.74 Å². The van der Waals surface area contributed by atoms with Gasteiger partial charge in [-0.3, -0.25) is 0 Å². The number of hydrogen-bond acceptors (Lipinski definition) is 2. The monoisotopic (exact) mass is 293 g/mol. The molecule has 1 atom stereocenters. The Balaban J connectivity index is 1.96. The van der Waals surface area contributed by atoms with Crippen LogP contribution in [0.25, 0.3) is 0 Å². The van der Waals surface area contributed by atoms with E-state index in [4.69, 9.17) is 4.74 Å². The molecule has 21 heavy (non-hydrogen) atoms. The van der Waals surface area contributed by atoms with Gasteiger partial charge in [0.2, 0.25) is 0 Å². The van der Waals surface area contributed by atoms with Crippen molar-refractivity contribution >= 4 is 5.90 Å². The van der Waals surface area contributed by atoms with E-state index in [1.165, 1.54) is 64.2 Å². The first kappa shape index (κ1) is 18.3. The summed E-state index contributed by atoms with van der Waals surface area (Å²) in [5, 5.41) is 0. The van der Waals surface area contributed by atoms with Gasteiger partial charge in [-0.1, -0.05) is 71.6 Å². The fourth-order valence-corrected chi connectivity index (χ4v) is 2.83. The summed E-state index contributed by atoms with van der Waals surface area (Å²) < 4.78 is 5.71. The van der Waals surface area contributed by atoms with E-state index in [0.29, 0.717) is 6.04 Å². The minimum atomic E-state index is 0.344. The van der Waals surface area contributed by atoms with Gasteiger partial charge in [-0.2, -0.15) is 0 Å². The Morgan fingerprint density at radius 3 is 2.05 bits per heavy atom. The molecule has 2 heteroatoms. The first-order valence-electron chi connectivity index (χ1n) is 9.19. The molecule has 0 N–H and O–H groups in total. The number of rotatable bonds is 12. The molecule has 0 spiro atoms. The Morgan fingerprint density at radius 2 is 1.48 bits per heavy atom. The molecule has 1 heterocycles. The Labute approximate surface area is 132 Å². The van der Waals surface area contributed by atoms with Gasteiger partial charge in [0.1, 0.15) is 5.76 Å². The Morgan fingerprint density at radius 1 is 0.905 bits per heavy atom. The number of ether oxygens (including phenoxy) is 1. The van der Waals surface area contributed by atoms with E-state index in [1.807, 2.05) is 6.92 Å². The van der Waals surface area contributed by atoms with Crippen molar-refractivity contribution in [1.82, 2.24) is 0 Å². The van der Waals surface area contributed by atoms with E-state index in [1.54, 1.807) is 0 Å². The highest BCUT2D eigenvalue weighted by Gasteiger charge is 2.12. The molecule has 0 bridgehead atoms. The molecule has 0 saturated heterocycles. The molecule has 0 aromatic heterocycles. The van der Waals surface area contributed by atoms with Crippen LogP contribution < -0.4 is 0 Å². The molecule has 0 fully saturated rings. The molecular formula is C19H35NO. The highest BCUT2D eigenvalue weighted by Crippen LogP contribution is 2.17. The topological polar surface area (TPSA) is 21.6 Å². The zero-order valence-electron chi connectivity index (χ0n) is 14.5. The molecule has 0 aromatic rings. The summed E-state index contributed by atoms with van der Waals surface area (Å²) in [5.74, 6) is 1.99. The van der Waals surface area contributed by atoms with E-state index in [0.717, 1.165) is 24.5 Å². The average Bonchev–Trinajstić information content (AvgIpc) is 2.48. The van der Waals surface area contributed by atoms with Crippen LogP contribution in [0.3, 0.4) is 0 Å². The van der Waals surface area contributed by atoms with Crippen molar-refractivity contribution in [2.45, 2.75) is 104 Å². The van der Waals surface area contributed by atoms with Gasteiger partial charge in [0.15, 0.2) is 5.90 Å². The summed E-state index contributed by atoms with van der Waals surface area (Å²) in [7, 11) is 0. The van der Waals surface area contributed by atoms with Gasteiger partial charge in [-0.15, -0.1) is 0 Å². The maximum Gasteiger partial charge on any atom is 0.190 e. The SMILES string of the molecule is CCCCCCCCCCCCC1=NC(CC)C=C(C)O1. The van der Waals surface area contributed by atoms with E-state index in [2.05, 4.69) is 24.9 Å². The van der Waals surface area contributed by atoms with E-state index < -0.39 is 0 Å². The number of hydrogen-bond donors (Lipinski definition) is 0. The van der Waals surface area contributed by atoms with Crippen LogP contribution in [0.1, 0.15) is 97.8 Å². The van der Waals surface area contributed by atoms with Gasteiger partial charge in [-0.25, -0.2) is 4.99 Å². The van der Waals surface area contributed by atoms with Crippen molar-refractivity contribution in [3.8, 4) is 0 Å². The molecule has 0 radical (unpaired) electrons. The van der Waals surface area contributed by atoms with Crippen LogP contribution in [0.4, 0.5) is 0 Å². The predicted octanol–water partition coefficient (Wildman–Crippen LogP) is 6.41. The molecule has 2 nitrogen and oxygen atoms in total. The normalized spacial score (nSPS) is 18.1. The third kappa shape index (κ3) is 8.95. The van der Waals surface area contributed by atoms with E-state index in [9.17, 15) is 0 Å². The van der Waals surface area contributed by atoms with Crippen molar-refractivity contribution in [3.63, 3.8) is 0 Å². The summed E-state index contributed by atoms with van der Waals surface area (Å²) in [6.07, 6.45) is 18.0. The third-order valence-corrected chi connectivity index (χ3v) is 4.18. The summed E-state index contributed by atoms with van der Waals surface area (Å²) in [5.41, 5.74) is 0. The van der Waals surface area contributed by atoms with Gasteiger partial charge in [-0.05, 0) is 25.8 Å². The second-order valence-corrected chi connectivity index (χ2v) is 6.31. The predicted molar refractivity (Wildman–Crippen MR) is 92.8 cm³/mol. The molecule has 1 aliphatic heterocycles. The third-order valence-electron chi connectivity index (χ3n) is 4.18. The lowest BCUT2D eigenvalue weighted by molar-refractivity contribution is 0.378. The molecule has 1 unspecified atom stereocenters. The molecule has 122 valence electrons. The average molecular weight is 293 g/mol. The van der Waals surface area contributed by atoms with Crippen LogP contribution in [0, 0.1) is 0 Å². The minimum Gasteiger partial charge on any atom is -0.448 e. The maximum absolute atomic E-state index is 5.71. The van der Waals surface area contributed by atoms with Crippen LogP contribution >= 0.6 is 0 Å². The lowest BCUT2D eigenvalue weighted by Crippen LogP contribution is -2.15. The number of unbranched alkanes of at least 4 members (excludes halogenated alkanes) is 9. The molecule has 1 aliphatic rings. The minimum absolute atomic E-state index is 0.344. The Bertz CT molecular complexity index is 320. The molecule has 0 saturated carbocycles. The first-order valence-corrected chi connectivity index (χ1v) is 9.19. The zero-order valence-corrected chi connectivity index (χ0v) is 14.5. The fourth-order valence-electron chi connectivity index (χ4n) is 2.83. The Hall–Kier alpha value is -0.790. The van der Waals surface area contributed by atoms with Crippen molar-refractivity contribution in [2.24, 2.45) is 4.99 Å². The van der Waals surface area contributed by atoms with E-state index in [-0.39, 0.29) is 0 Å². The quantitative estimate of drug-likeness (QED) is 0.381. The van der Waals surface area contributed by atoms with Gasteiger partial charge in [0.05, 0.1) is 6.04 Å². The van der Waals surface area contributed by atoms with Crippen LogP contribution in [0.15, 0.2) is 16.8 Å². The molecular weight excluding hydrogens is 258 g/mol. The van der Waals surface area contributed by atoms with Gasteiger partial charge >= 0.3 is 0 Å². The van der Waals surface area contributed by atoms with Gasteiger partial charge < -0.3 is 4.74 Å². The largest absolute Gasteiger partial charge is 0.448 e. The second kappa shape index (κ2) is 11.8. The van der Waals surface area contributed by atoms with Crippen LogP contribution in [-0.4, -0.2) is 11.9 Å². The van der Waals surface area contributed by atoms with Gasteiger partial charge in [0.25, 0.3) is 0 Å². The molecule has 0 aromatic carbocycles. The van der Waals surface area contributed by atoms with Crippen molar-refractivity contribution in [2.75, 3.05) is 0 Å². The van der Waals surface area contributed by atoms with Crippen LogP contribution in [0.5, 0.6) is 0 Å². The molecule has 0 amide bonds. The zero-order chi connectivity index (χ0) is 15.3. The smallest absolute Gasteiger partial charge is 0.190 e. The molecule has 1 rings (SSSR count). The fraction of sp³-hybridized carbons (Fsp3) is 0.842. The van der Waals surface area contributed by atoms with Crippen LogP contribution in [0.2, 0.25) is 0 Å². The molecule has 0 aliphatic carbocycles. The Kier molecular flexibility index (Phi) is 10.3. The highest BCUT2D eigenvalue weighted by atomic mass is 16.5. The van der Waals surface area contributed by atoms with E-state index >= 15 is 0 Å². The number of allylic oxidation sites excluding steroid dienone is 1. The summed E-state index contributed by atoms with van der Waals surface area (Å²) >= 11 is 0. The maximum atomic E-state index is 5.71. The summed E-state index contributed by atoms with van der Waals surface area (Å²) in [6.45, 7) is 6.50.